The number of nitrogens with zero attached hydrogens (tertiary/aromatic N) is 1. The van der Waals surface area contributed by atoms with Gasteiger partial charge in [-0.15, -0.1) is 0 Å². The Morgan fingerprint density at radius 3 is 3.06 bits per heavy atom. The molecule has 0 spiro atoms. The molecule has 1 aliphatic rings. The molecule has 0 aliphatic carbocycles. The van der Waals surface area contributed by atoms with Crippen molar-refractivity contribution in [2.45, 2.75) is 19.4 Å². The van der Waals surface area contributed by atoms with Gasteiger partial charge < -0.3 is 19.8 Å². The number of piperidine rings is 1. The predicted octanol–water partition coefficient (Wildman–Crippen LogP) is 0.155. The minimum atomic E-state index is -0.325. The molecule has 0 radical (unpaired) electrons. The molecule has 0 bridgehead atoms. The quantitative estimate of drug-likeness (QED) is 0.785. The summed E-state index contributed by atoms with van der Waals surface area (Å²) in [6.45, 7) is 3.89. The molecular weight excluding hydrogens is 222 g/mol. The lowest BCUT2D eigenvalue weighted by Gasteiger charge is -2.29. The first-order chi connectivity index (χ1) is 8.22. The molecule has 1 aliphatic heterocycles. The highest BCUT2D eigenvalue weighted by molar-refractivity contribution is 5.29. The Kier molecular flexibility index (Phi) is 3.63. The topological polar surface area (TPSA) is 76.2 Å². The van der Waals surface area contributed by atoms with Crippen molar-refractivity contribution >= 4 is 0 Å². The van der Waals surface area contributed by atoms with Gasteiger partial charge in [0.15, 0.2) is 0 Å². The van der Waals surface area contributed by atoms with E-state index in [9.17, 15) is 4.79 Å². The number of hydrogen-bond acceptors (Lipinski definition) is 5. The molecule has 0 aromatic carbocycles. The van der Waals surface area contributed by atoms with Crippen molar-refractivity contribution in [1.29, 1.82) is 0 Å². The number of H-pyrrole nitrogens is 1. The van der Waals surface area contributed by atoms with E-state index in [0.717, 1.165) is 19.5 Å². The summed E-state index contributed by atoms with van der Waals surface area (Å²) in [5, 5.41) is 3.26. The van der Waals surface area contributed by atoms with Gasteiger partial charge in [0.25, 0.3) is 11.4 Å². The van der Waals surface area contributed by atoms with Gasteiger partial charge in [0, 0.05) is 6.54 Å². The molecule has 94 valence electrons. The second-order valence-corrected chi connectivity index (χ2v) is 4.20. The van der Waals surface area contributed by atoms with Crippen LogP contribution in [0, 0.1) is 5.92 Å². The monoisotopic (exact) mass is 239 g/mol. The number of aromatic nitrogens is 2. The van der Waals surface area contributed by atoms with Crippen LogP contribution in [0.25, 0.3) is 0 Å². The van der Waals surface area contributed by atoms with E-state index < -0.39 is 0 Å². The SMILES string of the molecule is COc1c(OC2CNCCC2C)nc[nH]c1=O. The summed E-state index contributed by atoms with van der Waals surface area (Å²) < 4.78 is 10.8. The van der Waals surface area contributed by atoms with Gasteiger partial charge in [-0.1, -0.05) is 6.92 Å². The van der Waals surface area contributed by atoms with Crippen LogP contribution in [0.1, 0.15) is 13.3 Å². The maximum atomic E-state index is 11.5. The fourth-order valence-corrected chi connectivity index (χ4v) is 1.90. The van der Waals surface area contributed by atoms with Crippen LogP contribution in [0.4, 0.5) is 0 Å². The van der Waals surface area contributed by atoms with Crippen LogP contribution in [-0.4, -0.2) is 36.3 Å². The second kappa shape index (κ2) is 5.18. The zero-order valence-corrected chi connectivity index (χ0v) is 10.0. The van der Waals surface area contributed by atoms with Crippen LogP contribution in [0.5, 0.6) is 11.6 Å². The summed E-state index contributed by atoms with van der Waals surface area (Å²) in [7, 11) is 1.43. The Balaban J connectivity index is 2.17. The fourth-order valence-electron chi connectivity index (χ4n) is 1.90. The van der Waals surface area contributed by atoms with Gasteiger partial charge in [-0.05, 0) is 18.9 Å². The van der Waals surface area contributed by atoms with Crippen LogP contribution < -0.4 is 20.3 Å². The summed E-state index contributed by atoms with van der Waals surface area (Å²) in [5.41, 5.74) is -0.325. The molecule has 0 saturated carbocycles. The first-order valence-corrected chi connectivity index (χ1v) is 5.71. The molecule has 2 unspecified atom stereocenters. The van der Waals surface area contributed by atoms with Crippen molar-refractivity contribution < 1.29 is 9.47 Å². The van der Waals surface area contributed by atoms with Gasteiger partial charge >= 0.3 is 0 Å². The van der Waals surface area contributed by atoms with E-state index in [2.05, 4.69) is 22.2 Å². The third-order valence-electron chi connectivity index (χ3n) is 3.00. The van der Waals surface area contributed by atoms with Crippen molar-refractivity contribution in [3.63, 3.8) is 0 Å². The molecule has 17 heavy (non-hydrogen) atoms. The van der Waals surface area contributed by atoms with E-state index in [1.165, 1.54) is 13.4 Å². The number of hydrogen-bond donors (Lipinski definition) is 2. The smallest absolute Gasteiger partial charge is 0.297 e. The molecule has 1 saturated heterocycles. The van der Waals surface area contributed by atoms with Gasteiger partial charge in [-0.25, -0.2) is 4.98 Å². The predicted molar refractivity (Wildman–Crippen MR) is 62.5 cm³/mol. The molecule has 1 fully saturated rings. The average molecular weight is 239 g/mol. The summed E-state index contributed by atoms with van der Waals surface area (Å²) in [4.78, 5) is 17.9. The number of methoxy groups -OCH3 is 1. The van der Waals surface area contributed by atoms with Crippen LogP contribution in [0.2, 0.25) is 0 Å². The summed E-state index contributed by atoms with van der Waals surface area (Å²) >= 11 is 0. The highest BCUT2D eigenvalue weighted by Gasteiger charge is 2.24. The molecule has 2 atom stereocenters. The Labute approximate surface area is 99.4 Å². The van der Waals surface area contributed by atoms with E-state index in [0.29, 0.717) is 5.92 Å². The average Bonchev–Trinajstić information content (AvgIpc) is 2.32. The highest BCUT2D eigenvalue weighted by atomic mass is 16.5. The van der Waals surface area contributed by atoms with E-state index in [4.69, 9.17) is 9.47 Å². The molecule has 2 N–H and O–H groups in total. The maximum Gasteiger partial charge on any atom is 0.297 e. The first-order valence-electron chi connectivity index (χ1n) is 5.71. The van der Waals surface area contributed by atoms with Gasteiger partial charge in [0.05, 0.1) is 13.4 Å². The van der Waals surface area contributed by atoms with Crippen LogP contribution in [0.3, 0.4) is 0 Å². The lowest BCUT2D eigenvalue weighted by atomic mass is 9.97. The lowest BCUT2D eigenvalue weighted by molar-refractivity contribution is 0.105. The van der Waals surface area contributed by atoms with E-state index >= 15 is 0 Å². The van der Waals surface area contributed by atoms with Crippen molar-refractivity contribution in [3.05, 3.63) is 16.7 Å². The maximum absolute atomic E-state index is 11.5. The second-order valence-electron chi connectivity index (χ2n) is 4.20. The zero-order valence-electron chi connectivity index (χ0n) is 10.0. The van der Waals surface area contributed by atoms with Crippen molar-refractivity contribution in [2.75, 3.05) is 20.2 Å². The van der Waals surface area contributed by atoms with Gasteiger partial charge in [0.2, 0.25) is 5.75 Å². The number of rotatable bonds is 3. The molecule has 6 heteroatoms. The summed E-state index contributed by atoms with van der Waals surface area (Å²) in [6.07, 6.45) is 2.39. The minimum absolute atomic E-state index is 0.0203. The van der Waals surface area contributed by atoms with Crippen LogP contribution in [0.15, 0.2) is 11.1 Å². The lowest BCUT2D eigenvalue weighted by Crippen LogP contribution is -2.43. The van der Waals surface area contributed by atoms with Crippen LogP contribution in [-0.2, 0) is 0 Å². The van der Waals surface area contributed by atoms with Crippen molar-refractivity contribution in [2.24, 2.45) is 5.92 Å². The molecule has 2 heterocycles. The standard InChI is InChI=1S/C11H17N3O3/c1-7-3-4-12-5-8(7)17-11-9(16-2)10(15)13-6-14-11/h6-8,12H,3-5H2,1-2H3,(H,13,14,15). The summed E-state index contributed by atoms with van der Waals surface area (Å²) in [5.74, 6) is 0.823. The molecular formula is C11H17N3O3. The summed E-state index contributed by atoms with van der Waals surface area (Å²) in [6, 6.07) is 0. The van der Waals surface area contributed by atoms with Gasteiger partial charge in [-0.3, -0.25) is 4.79 Å². The third kappa shape index (κ3) is 2.58. The fraction of sp³-hybridized carbons (Fsp3) is 0.636. The number of ether oxygens (including phenoxy) is 2. The number of aromatic amines is 1. The minimum Gasteiger partial charge on any atom is -0.487 e. The largest absolute Gasteiger partial charge is 0.487 e. The van der Waals surface area contributed by atoms with Crippen molar-refractivity contribution in [1.82, 2.24) is 15.3 Å². The van der Waals surface area contributed by atoms with Crippen LogP contribution >= 0.6 is 0 Å². The Morgan fingerprint density at radius 1 is 1.53 bits per heavy atom. The van der Waals surface area contributed by atoms with E-state index in [1.807, 2.05) is 0 Å². The molecule has 6 nitrogen and oxygen atoms in total. The Bertz CT molecular complexity index is 432. The van der Waals surface area contributed by atoms with Gasteiger partial charge in [0.1, 0.15) is 6.10 Å². The van der Waals surface area contributed by atoms with Crippen molar-refractivity contribution in [3.8, 4) is 11.6 Å². The van der Waals surface area contributed by atoms with E-state index in [-0.39, 0.29) is 23.3 Å². The van der Waals surface area contributed by atoms with Gasteiger partial charge in [-0.2, -0.15) is 0 Å². The third-order valence-corrected chi connectivity index (χ3v) is 3.00. The zero-order chi connectivity index (χ0) is 12.3. The normalized spacial score (nSPS) is 24.4. The molecule has 2 rings (SSSR count). The Morgan fingerprint density at radius 2 is 2.35 bits per heavy atom. The number of nitrogens with one attached hydrogen (secondary N) is 2. The Hall–Kier alpha value is -1.56. The first kappa shape index (κ1) is 11.9. The van der Waals surface area contributed by atoms with E-state index in [1.54, 1.807) is 0 Å². The molecule has 1 aromatic rings. The molecule has 1 aromatic heterocycles. The molecule has 0 amide bonds. The highest BCUT2D eigenvalue weighted by Crippen LogP contribution is 2.23.